The van der Waals surface area contributed by atoms with Crippen LogP contribution >= 0.6 is 0 Å². The van der Waals surface area contributed by atoms with E-state index in [0.717, 1.165) is 24.0 Å². The largest absolute Gasteiger partial charge is 0.491 e. The predicted octanol–water partition coefficient (Wildman–Crippen LogP) is 3.18. The third-order valence-corrected chi connectivity index (χ3v) is 4.98. The molecule has 0 spiro atoms. The van der Waals surface area contributed by atoms with Crippen molar-refractivity contribution in [2.45, 2.75) is 20.4 Å². The maximum atomic E-state index is 12.8. The highest BCUT2D eigenvalue weighted by molar-refractivity contribution is 5.99. The zero-order chi connectivity index (χ0) is 21.5. The highest BCUT2D eigenvalue weighted by Gasteiger charge is 2.21. The maximum Gasteiger partial charge on any atom is 0.287 e. The summed E-state index contributed by atoms with van der Waals surface area (Å²) in [4.78, 5) is 26.5. The van der Waals surface area contributed by atoms with Gasteiger partial charge in [0.15, 0.2) is 5.76 Å². The van der Waals surface area contributed by atoms with Crippen LogP contribution in [0, 0.1) is 0 Å². The first-order chi connectivity index (χ1) is 14.5. The van der Waals surface area contributed by atoms with Crippen LogP contribution in [0.3, 0.4) is 0 Å². The van der Waals surface area contributed by atoms with Gasteiger partial charge in [0.2, 0.25) is 0 Å². The number of primary amides is 1. The molecule has 3 N–H and O–H groups in total. The van der Waals surface area contributed by atoms with Crippen LogP contribution < -0.4 is 15.8 Å². The SMILES string of the molecule is CCN(CC)Cc1c(C(=O)NCCOc2ccccc2C(N)=O)oc2ccccc12. The summed E-state index contributed by atoms with van der Waals surface area (Å²) in [5, 5.41) is 3.78. The number of furan rings is 1. The summed E-state index contributed by atoms with van der Waals surface area (Å²) in [6.07, 6.45) is 0. The van der Waals surface area contributed by atoms with Gasteiger partial charge >= 0.3 is 0 Å². The lowest BCUT2D eigenvalue weighted by Crippen LogP contribution is -2.30. The van der Waals surface area contributed by atoms with Crippen molar-refractivity contribution < 1.29 is 18.7 Å². The number of hydrogen-bond acceptors (Lipinski definition) is 5. The van der Waals surface area contributed by atoms with Crippen LogP contribution in [0.2, 0.25) is 0 Å². The lowest BCUT2D eigenvalue weighted by Gasteiger charge is -2.18. The Labute approximate surface area is 175 Å². The number of nitrogens with one attached hydrogen (secondary N) is 1. The Kier molecular flexibility index (Phi) is 7.08. The first kappa shape index (κ1) is 21.4. The smallest absolute Gasteiger partial charge is 0.287 e. The first-order valence-electron chi connectivity index (χ1n) is 10.1. The number of carbonyl (C=O) groups excluding carboxylic acids is 2. The van der Waals surface area contributed by atoms with Gasteiger partial charge in [0.1, 0.15) is 17.9 Å². The Hall–Kier alpha value is -3.32. The normalized spacial score (nSPS) is 11.0. The number of benzene rings is 2. The van der Waals surface area contributed by atoms with Gasteiger partial charge in [-0.05, 0) is 31.3 Å². The molecule has 0 aliphatic heterocycles. The van der Waals surface area contributed by atoms with E-state index in [-0.39, 0.29) is 19.1 Å². The second-order valence-electron chi connectivity index (χ2n) is 6.83. The molecule has 0 unspecified atom stereocenters. The Bertz CT molecular complexity index is 1020. The molecular formula is C23H27N3O4. The first-order valence-corrected chi connectivity index (χ1v) is 10.1. The average molecular weight is 409 g/mol. The van der Waals surface area contributed by atoms with Crippen LogP contribution in [0.4, 0.5) is 0 Å². The molecule has 158 valence electrons. The lowest BCUT2D eigenvalue weighted by atomic mass is 10.1. The molecule has 3 aromatic rings. The van der Waals surface area contributed by atoms with Gasteiger partial charge in [-0.3, -0.25) is 14.5 Å². The molecule has 1 heterocycles. The number of nitrogens with zero attached hydrogens (tertiary/aromatic N) is 1. The van der Waals surface area contributed by atoms with Gasteiger partial charge < -0.3 is 20.2 Å². The zero-order valence-electron chi connectivity index (χ0n) is 17.3. The summed E-state index contributed by atoms with van der Waals surface area (Å²) in [5.74, 6) is -0.135. The number of para-hydroxylation sites is 2. The fourth-order valence-corrected chi connectivity index (χ4v) is 3.31. The molecule has 2 amide bonds. The number of carbonyl (C=O) groups is 2. The Morgan fingerprint density at radius 1 is 1.07 bits per heavy atom. The summed E-state index contributed by atoms with van der Waals surface area (Å²) >= 11 is 0. The Morgan fingerprint density at radius 3 is 2.50 bits per heavy atom. The van der Waals surface area contributed by atoms with Crippen molar-refractivity contribution in [3.63, 3.8) is 0 Å². The summed E-state index contributed by atoms with van der Waals surface area (Å²) in [6.45, 7) is 7.03. The van der Waals surface area contributed by atoms with Gasteiger partial charge in [0.05, 0.1) is 12.1 Å². The van der Waals surface area contributed by atoms with Crippen molar-refractivity contribution in [3.05, 3.63) is 65.4 Å². The van der Waals surface area contributed by atoms with Gasteiger partial charge in [-0.2, -0.15) is 0 Å². The number of hydrogen-bond donors (Lipinski definition) is 2. The van der Waals surface area contributed by atoms with E-state index in [0.29, 0.717) is 29.2 Å². The average Bonchev–Trinajstić information content (AvgIpc) is 3.13. The van der Waals surface area contributed by atoms with Crippen molar-refractivity contribution in [1.82, 2.24) is 10.2 Å². The molecule has 0 atom stereocenters. The highest BCUT2D eigenvalue weighted by atomic mass is 16.5. The Balaban J connectivity index is 1.69. The van der Waals surface area contributed by atoms with Crippen molar-refractivity contribution in [3.8, 4) is 5.75 Å². The van der Waals surface area contributed by atoms with Gasteiger partial charge in [0.25, 0.3) is 11.8 Å². The maximum absolute atomic E-state index is 12.8. The minimum absolute atomic E-state index is 0.196. The van der Waals surface area contributed by atoms with E-state index in [1.54, 1.807) is 24.3 Å². The van der Waals surface area contributed by atoms with Gasteiger partial charge in [-0.1, -0.05) is 44.2 Å². The minimum Gasteiger partial charge on any atom is -0.491 e. The molecule has 30 heavy (non-hydrogen) atoms. The quantitative estimate of drug-likeness (QED) is 0.501. The van der Waals surface area contributed by atoms with Crippen molar-refractivity contribution in [1.29, 1.82) is 0 Å². The fraction of sp³-hybridized carbons (Fsp3) is 0.304. The van der Waals surface area contributed by atoms with Crippen molar-refractivity contribution >= 4 is 22.8 Å². The summed E-state index contributed by atoms with van der Waals surface area (Å²) in [6, 6.07) is 14.4. The monoisotopic (exact) mass is 409 g/mol. The van der Waals surface area contributed by atoms with E-state index in [4.69, 9.17) is 14.9 Å². The third kappa shape index (κ3) is 4.80. The van der Waals surface area contributed by atoms with Crippen molar-refractivity contribution in [2.75, 3.05) is 26.2 Å². The van der Waals surface area contributed by atoms with E-state index in [9.17, 15) is 9.59 Å². The summed E-state index contributed by atoms with van der Waals surface area (Å²) in [5.41, 5.74) is 7.23. The molecule has 3 rings (SSSR count). The van der Waals surface area contributed by atoms with Crippen LogP contribution in [0.15, 0.2) is 52.9 Å². The molecule has 7 heteroatoms. The number of rotatable bonds is 10. The number of ether oxygens (including phenoxy) is 1. The van der Waals surface area contributed by atoms with Gasteiger partial charge in [0, 0.05) is 17.5 Å². The highest BCUT2D eigenvalue weighted by Crippen LogP contribution is 2.27. The van der Waals surface area contributed by atoms with E-state index < -0.39 is 5.91 Å². The summed E-state index contributed by atoms with van der Waals surface area (Å²) in [7, 11) is 0. The second-order valence-corrected chi connectivity index (χ2v) is 6.83. The topological polar surface area (TPSA) is 97.8 Å². The molecule has 1 aromatic heterocycles. The Morgan fingerprint density at radius 2 is 1.77 bits per heavy atom. The number of fused-ring (bicyclic) bond motifs is 1. The molecule has 0 saturated carbocycles. The van der Waals surface area contributed by atoms with E-state index in [2.05, 4.69) is 24.1 Å². The molecule has 0 fully saturated rings. The van der Waals surface area contributed by atoms with Crippen LogP contribution in [-0.2, 0) is 6.54 Å². The van der Waals surface area contributed by atoms with Gasteiger partial charge in [-0.25, -0.2) is 0 Å². The molecule has 0 aliphatic carbocycles. The second kappa shape index (κ2) is 9.93. The number of nitrogens with two attached hydrogens (primary N) is 1. The predicted molar refractivity (Wildman–Crippen MR) is 116 cm³/mol. The molecule has 0 bridgehead atoms. The number of amides is 2. The summed E-state index contributed by atoms with van der Waals surface area (Å²) < 4.78 is 11.5. The van der Waals surface area contributed by atoms with E-state index >= 15 is 0 Å². The molecular weight excluding hydrogens is 382 g/mol. The van der Waals surface area contributed by atoms with Crippen LogP contribution in [0.5, 0.6) is 5.75 Å². The lowest BCUT2D eigenvalue weighted by molar-refractivity contribution is 0.0916. The fourth-order valence-electron chi connectivity index (χ4n) is 3.31. The van der Waals surface area contributed by atoms with Gasteiger partial charge in [-0.15, -0.1) is 0 Å². The van der Waals surface area contributed by atoms with Crippen LogP contribution in [0.1, 0.15) is 40.3 Å². The van der Waals surface area contributed by atoms with Crippen LogP contribution in [0.25, 0.3) is 11.0 Å². The molecule has 0 aliphatic rings. The molecule has 2 aromatic carbocycles. The zero-order valence-corrected chi connectivity index (χ0v) is 17.3. The molecule has 0 radical (unpaired) electrons. The van der Waals surface area contributed by atoms with Crippen molar-refractivity contribution in [2.24, 2.45) is 5.73 Å². The third-order valence-electron chi connectivity index (χ3n) is 4.98. The standard InChI is InChI=1S/C23H27N3O4/c1-3-26(4-2)15-18-16-9-5-8-12-20(16)30-21(18)23(28)25-13-14-29-19-11-7-6-10-17(19)22(24)27/h5-12H,3-4,13-15H2,1-2H3,(H2,24,27)(H,25,28). The molecule has 7 nitrogen and oxygen atoms in total. The van der Waals surface area contributed by atoms with Crippen LogP contribution in [-0.4, -0.2) is 43.0 Å². The minimum atomic E-state index is -0.557. The van der Waals surface area contributed by atoms with E-state index in [1.165, 1.54) is 0 Å². The molecule has 0 saturated heterocycles. The van der Waals surface area contributed by atoms with E-state index in [1.807, 2.05) is 24.3 Å².